The Kier molecular flexibility index (Phi) is 5.08. The molecule has 11 heteroatoms. The maximum atomic E-state index is 12.2. The van der Waals surface area contributed by atoms with E-state index in [0.717, 1.165) is 0 Å². The first-order valence-electron chi connectivity index (χ1n) is 4.93. The number of pyridine rings is 1. The van der Waals surface area contributed by atoms with Crippen LogP contribution in [0.5, 0.6) is 5.75 Å². The van der Waals surface area contributed by atoms with E-state index in [1.54, 1.807) is 0 Å². The highest BCUT2D eigenvalue weighted by Crippen LogP contribution is 2.35. The number of alkyl halides is 3. The molecule has 7 nitrogen and oxygen atoms in total. The third kappa shape index (κ3) is 4.18. The Labute approximate surface area is 123 Å². The molecule has 0 atom stereocenters. The molecule has 0 saturated heterocycles. The molecule has 1 aromatic heterocycles. The summed E-state index contributed by atoms with van der Waals surface area (Å²) in [5.41, 5.74) is -2.04. The molecule has 20 heavy (non-hydrogen) atoms. The lowest BCUT2D eigenvalue weighted by molar-refractivity contribution is -0.389. The topological polar surface area (TPSA) is 91.6 Å². The zero-order chi connectivity index (χ0) is 15.5. The highest BCUT2D eigenvalue weighted by atomic mass is 127. The molecule has 0 radical (unpaired) electrons. The van der Waals surface area contributed by atoms with E-state index in [2.05, 4.69) is 14.5 Å². The fraction of sp³-hybridized carbons (Fsp3) is 0.333. The largest absolute Gasteiger partial charge is 0.573 e. The minimum atomic E-state index is -5.14. The van der Waals surface area contributed by atoms with E-state index in [4.69, 9.17) is 0 Å². The molecule has 0 unspecified atom stereocenters. The Morgan fingerprint density at radius 2 is 2.15 bits per heavy atom. The smallest absolute Gasteiger partial charge is 0.461 e. The Morgan fingerprint density at radius 3 is 2.60 bits per heavy atom. The lowest BCUT2D eigenvalue weighted by Crippen LogP contribution is -2.20. The zero-order valence-electron chi connectivity index (χ0n) is 9.73. The third-order valence-corrected chi connectivity index (χ3v) is 2.36. The Hall–Kier alpha value is -1.66. The van der Waals surface area contributed by atoms with Gasteiger partial charge in [0.25, 0.3) is 0 Å². The Balaban J connectivity index is 3.44. The quantitative estimate of drug-likeness (QED) is 0.251. The predicted octanol–water partition coefficient (Wildman–Crippen LogP) is 2.67. The second kappa shape index (κ2) is 6.19. The van der Waals surface area contributed by atoms with Crippen LogP contribution in [0.4, 0.5) is 18.9 Å². The summed E-state index contributed by atoms with van der Waals surface area (Å²) in [5.74, 6) is -2.32. The standard InChI is InChI=1S/C9H6F3IN2O5/c1-2-19-8(16)6-7(15(17)18)4(3-5(13)14-6)20-9(10,11)12/h3H,2H2,1H3. The summed E-state index contributed by atoms with van der Waals surface area (Å²) in [6.45, 7) is 1.32. The van der Waals surface area contributed by atoms with Crippen molar-refractivity contribution in [3.63, 3.8) is 0 Å². The van der Waals surface area contributed by atoms with Gasteiger partial charge in [-0.1, -0.05) is 0 Å². The Bertz CT molecular complexity index is 549. The van der Waals surface area contributed by atoms with E-state index >= 15 is 0 Å². The third-order valence-electron chi connectivity index (χ3n) is 1.80. The van der Waals surface area contributed by atoms with Crippen molar-refractivity contribution in [2.75, 3.05) is 6.61 Å². The van der Waals surface area contributed by atoms with Crippen molar-refractivity contribution >= 4 is 34.2 Å². The fourth-order valence-electron chi connectivity index (χ4n) is 1.21. The molecule has 0 aromatic carbocycles. The van der Waals surface area contributed by atoms with Gasteiger partial charge in [-0.25, -0.2) is 9.78 Å². The number of aromatic nitrogens is 1. The molecule has 1 aromatic rings. The summed E-state index contributed by atoms with van der Waals surface area (Å²) in [7, 11) is 0. The first-order chi connectivity index (χ1) is 9.15. The lowest BCUT2D eigenvalue weighted by Gasteiger charge is -2.11. The number of carbonyl (C=O) groups excluding carboxylic acids is 1. The number of nitro groups is 1. The van der Waals surface area contributed by atoms with Crippen LogP contribution >= 0.6 is 22.6 Å². The number of hydrogen-bond donors (Lipinski definition) is 0. The summed E-state index contributed by atoms with van der Waals surface area (Å²) in [6, 6.07) is 0.703. The molecule has 0 aliphatic heterocycles. The molecule has 0 amide bonds. The van der Waals surface area contributed by atoms with E-state index in [9.17, 15) is 28.1 Å². The minimum absolute atomic E-state index is 0.0875. The second-order valence-electron chi connectivity index (χ2n) is 3.17. The average molecular weight is 406 g/mol. The SMILES string of the molecule is CCOC(=O)c1nc(I)cc(OC(F)(F)F)c1[N+](=O)[O-]. The molecular weight excluding hydrogens is 400 g/mol. The van der Waals surface area contributed by atoms with Gasteiger partial charge in [-0.3, -0.25) is 10.1 Å². The maximum absolute atomic E-state index is 12.2. The van der Waals surface area contributed by atoms with Crippen molar-refractivity contribution < 1.29 is 32.4 Å². The summed E-state index contributed by atoms with van der Waals surface area (Å²) >= 11 is 1.50. The molecule has 0 bridgehead atoms. The Morgan fingerprint density at radius 1 is 1.55 bits per heavy atom. The monoisotopic (exact) mass is 406 g/mol. The van der Waals surface area contributed by atoms with Gasteiger partial charge in [0.05, 0.1) is 11.5 Å². The van der Waals surface area contributed by atoms with Crippen LogP contribution in [-0.2, 0) is 4.74 Å². The van der Waals surface area contributed by atoms with E-state index in [1.165, 1.54) is 29.5 Å². The predicted molar refractivity (Wildman–Crippen MR) is 66.2 cm³/mol. The molecule has 0 spiro atoms. The first kappa shape index (κ1) is 16.4. The molecule has 0 aliphatic carbocycles. The minimum Gasteiger partial charge on any atom is -0.461 e. The van der Waals surface area contributed by atoms with Gasteiger partial charge < -0.3 is 9.47 Å². The number of ether oxygens (including phenoxy) is 2. The maximum Gasteiger partial charge on any atom is 0.573 e. The summed E-state index contributed by atoms with van der Waals surface area (Å²) in [5, 5.41) is 10.9. The molecule has 0 fully saturated rings. The fourth-order valence-corrected chi connectivity index (χ4v) is 1.73. The van der Waals surface area contributed by atoms with Crippen LogP contribution in [0.2, 0.25) is 0 Å². The highest BCUT2D eigenvalue weighted by Gasteiger charge is 2.38. The highest BCUT2D eigenvalue weighted by molar-refractivity contribution is 14.1. The summed E-state index contributed by atoms with van der Waals surface area (Å²) in [4.78, 5) is 24.7. The van der Waals surface area contributed by atoms with Crippen LogP contribution in [-0.4, -0.2) is 28.8 Å². The molecule has 110 valence electrons. The van der Waals surface area contributed by atoms with Crippen molar-refractivity contribution in [2.45, 2.75) is 13.3 Å². The van der Waals surface area contributed by atoms with Crippen molar-refractivity contribution in [1.82, 2.24) is 4.98 Å². The van der Waals surface area contributed by atoms with Crippen LogP contribution in [0.25, 0.3) is 0 Å². The number of carbonyl (C=O) groups is 1. The normalized spacial score (nSPS) is 11.1. The van der Waals surface area contributed by atoms with Crippen LogP contribution in [0, 0.1) is 13.8 Å². The first-order valence-corrected chi connectivity index (χ1v) is 6.01. The molecule has 1 heterocycles. The van der Waals surface area contributed by atoms with Gasteiger partial charge in [0.2, 0.25) is 11.4 Å². The van der Waals surface area contributed by atoms with Gasteiger partial charge in [-0.2, -0.15) is 0 Å². The number of nitrogens with zero attached hydrogens (tertiary/aromatic N) is 2. The van der Waals surface area contributed by atoms with Gasteiger partial charge >= 0.3 is 18.0 Å². The number of hydrogen-bond acceptors (Lipinski definition) is 6. The molecule has 0 saturated carbocycles. The van der Waals surface area contributed by atoms with Gasteiger partial charge in [0.15, 0.2) is 0 Å². The van der Waals surface area contributed by atoms with E-state index in [0.29, 0.717) is 6.07 Å². The van der Waals surface area contributed by atoms with Crippen molar-refractivity contribution in [2.24, 2.45) is 0 Å². The molecule has 1 rings (SSSR count). The van der Waals surface area contributed by atoms with Crippen LogP contribution in [0.15, 0.2) is 6.07 Å². The van der Waals surface area contributed by atoms with Gasteiger partial charge in [-0.05, 0) is 29.5 Å². The van der Waals surface area contributed by atoms with E-state index in [-0.39, 0.29) is 10.3 Å². The average Bonchev–Trinajstić information content (AvgIpc) is 2.25. The van der Waals surface area contributed by atoms with E-state index < -0.39 is 34.4 Å². The number of esters is 1. The molecule has 0 aliphatic rings. The van der Waals surface area contributed by atoms with Gasteiger partial charge in [0.1, 0.15) is 3.70 Å². The number of halogens is 4. The van der Waals surface area contributed by atoms with Crippen molar-refractivity contribution in [3.05, 3.63) is 25.6 Å². The summed E-state index contributed by atoms with van der Waals surface area (Å²) in [6.07, 6.45) is -5.14. The lowest BCUT2D eigenvalue weighted by atomic mass is 10.3. The second-order valence-corrected chi connectivity index (χ2v) is 4.27. The molecular formula is C9H6F3IN2O5. The van der Waals surface area contributed by atoms with E-state index in [1.807, 2.05) is 0 Å². The zero-order valence-corrected chi connectivity index (χ0v) is 11.9. The van der Waals surface area contributed by atoms with Crippen LogP contribution in [0.3, 0.4) is 0 Å². The number of rotatable bonds is 4. The van der Waals surface area contributed by atoms with Crippen molar-refractivity contribution in [1.29, 1.82) is 0 Å². The van der Waals surface area contributed by atoms with Crippen LogP contribution in [0.1, 0.15) is 17.4 Å². The van der Waals surface area contributed by atoms with Gasteiger partial charge in [-0.15, -0.1) is 13.2 Å². The molecule has 0 N–H and O–H groups in total. The van der Waals surface area contributed by atoms with Crippen molar-refractivity contribution in [3.8, 4) is 5.75 Å². The van der Waals surface area contributed by atoms with Crippen LogP contribution < -0.4 is 4.74 Å². The summed E-state index contributed by atoms with van der Waals surface area (Å²) < 4.78 is 44.6. The van der Waals surface area contributed by atoms with Gasteiger partial charge in [0, 0.05) is 6.07 Å².